The molecule has 1 aromatic rings. The van der Waals surface area contributed by atoms with Crippen LogP contribution in [-0.2, 0) is 0 Å². The molecule has 1 heterocycles. The lowest BCUT2D eigenvalue weighted by Crippen LogP contribution is -2.06. The van der Waals surface area contributed by atoms with Gasteiger partial charge in [0.15, 0.2) is 0 Å². The number of aromatic nitrogens is 2. The maximum atomic E-state index is 9.90. The maximum absolute atomic E-state index is 9.90. The monoisotopic (exact) mass is 226 g/mol. The third-order valence-electron chi connectivity index (χ3n) is 2.29. The summed E-state index contributed by atoms with van der Waals surface area (Å²) in [5.41, 5.74) is 0.469. The Kier molecular flexibility index (Phi) is 4.98. The summed E-state index contributed by atoms with van der Waals surface area (Å²) in [6, 6.07) is 0. The first kappa shape index (κ1) is 12.7. The van der Waals surface area contributed by atoms with Gasteiger partial charge in [-0.1, -0.05) is 19.8 Å². The molecule has 0 fully saturated rings. The van der Waals surface area contributed by atoms with E-state index in [4.69, 9.17) is 9.47 Å². The topological polar surface area (TPSA) is 64.5 Å². The Morgan fingerprint density at radius 1 is 1.38 bits per heavy atom. The number of aliphatic hydroxyl groups is 1. The molecule has 0 aliphatic rings. The quantitative estimate of drug-likeness (QED) is 0.800. The van der Waals surface area contributed by atoms with Crippen LogP contribution in [0.4, 0.5) is 0 Å². The minimum atomic E-state index is -0.631. The molecule has 0 aliphatic heterocycles. The van der Waals surface area contributed by atoms with Crippen LogP contribution in [-0.4, -0.2) is 29.3 Å². The minimum absolute atomic E-state index is 0.322. The van der Waals surface area contributed by atoms with E-state index in [0.29, 0.717) is 23.9 Å². The van der Waals surface area contributed by atoms with E-state index in [1.54, 1.807) is 0 Å². The van der Waals surface area contributed by atoms with Crippen molar-refractivity contribution < 1.29 is 14.6 Å². The van der Waals surface area contributed by atoms with Crippen LogP contribution in [0.2, 0.25) is 0 Å². The van der Waals surface area contributed by atoms with Crippen LogP contribution in [0, 0.1) is 0 Å². The molecule has 16 heavy (non-hydrogen) atoms. The molecule has 1 unspecified atom stereocenters. The van der Waals surface area contributed by atoms with Gasteiger partial charge in [0, 0.05) is 0 Å². The van der Waals surface area contributed by atoms with Crippen LogP contribution in [0.25, 0.3) is 0 Å². The number of methoxy groups -OCH3 is 2. The number of hydrogen-bond donors (Lipinski definition) is 1. The van der Waals surface area contributed by atoms with Gasteiger partial charge in [0.05, 0.1) is 20.4 Å². The molecule has 1 aromatic heterocycles. The molecule has 5 nitrogen and oxygen atoms in total. The van der Waals surface area contributed by atoms with Crippen molar-refractivity contribution in [3.05, 3.63) is 11.9 Å². The van der Waals surface area contributed by atoms with Crippen LogP contribution >= 0.6 is 0 Å². The van der Waals surface area contributed by atoms with Gasteiger partial charge in [0.1, 0.15) is 11.8 Å². The second-order valence-corrected chi connectivity index (χ2v) is 3.46. The number of hydrogen-bond acceptors (Lipinski definition) is 5. The molecular formula is C11H18N2O3. The Balaban J connectivity index is 2.85. The number of unbranched alkanes of at least 4 members (excludes halogenated alkanes) is 1. The molecule has 0 radical (unpaired) electrons. The van der Waals surface area contributed by atoms with Crippen LogP contribution < -0.4 is 9.47 Å². The van der Waals surface area contributed by atoms with Crippen LogP contribution in [0.15, 0.2) is 6.20 Å². The van der Waals surface area contributed by atoms with Gasteiger partial charge in [-0.3, -0.25) is 0 Å². The largest absolute Gasteiger partial charge is 0.480 e. The molecule has 0 saturated carbocycles. The average molecular weight is 226 g/mol. The summed E-state index contributed by atoms with van der Waals surface area (Å²) in [7, 11) is 3.01. The lowest BCUT2D eigenvalue weighted by molar-refractivity contribution is 0.153. The maximum Gasteiger partial charge on any atom is 0.241 e. The van der Waals surface area contributed by atoms with Crippen molar-refractivity contribution in [1.29, 1.82) is 0 Å². The van der Waals surface area contributed by atoms with Crippen LogP contribution in [0.5, 0.6) is 11.8 Å². The smallest absolute Gasteiger partial charge is 0.241 e. The van der Waals surface area contributed by atoms with Crippen LogP contribution in [0.3, 0.4) is 0 Å². The highest BCUT2D eigenvalue weighted by Crippen LogP contribution is 2.26. The fourth-order valence-corrected chi connectivity index (χ4v) is 1.38. The van der Waals surface area contributed by atoms with Gasteiger partial charge < -0.3 is 14.6 Å². The van der Waals surface area contributed by atoms with Crippen molar-refractivity contribution in [2.75, 3.05) is 14.2 Å². The summed E-state index contributed by atoms with van der Waals surface area (Å²) < 4.78 is 10.0. The first-order chi connectivity index (χ1) is 7.72. The van der Waals surface area contributed by atoms with Gasteiger partial charge in [-0.15, -0.1) is 0 Å². The Morgan fingerprint density at radius 2 is 2.12 bits per heavy atom. The van der Waals surface area contributed by atoms with Gasteiger partial charge in [-0.2, -0.15) is 4.98 Å². The SMILES string of the molecule is CCCCC(O)c1ncc(OC)nc1OC. The molecule has 0 spiro atoms. The zero-order valence-electron chi connectivity index (χ0n) is 9.93. The second kappa shape index (κ2) is 6.27. The molecule has 0 saturated heterocycles. The summed E-state index contributed by atoms with van der Waals surface area (Å²) in [5, 5.41) is 9.90. The van der Waals surface area contributed by atoms with Gasteiger partial charge in [-0.25, -0.2) is 4.98 Å². The van der Waals surface area contributed by atoms with Crippen molar-refractivity contribution in [1.82, 2.24) is 9.97 Å². The predicted molar refractivity (Wildman–Crippen MR) is 59.6 cm³/mol. The first-order valence-corrected chi connectivity index (χ1v) is 5.35. The highest BCUT2D eigenvalue weighted by atomic mass is 16.5. The van der Waals surface area contributed by atoms with E-state index in [0.717, 1.165) is 12.8 Å². The molecule has 5 heteroatoms. The molecular weight excluding hydrogens is 208 g/mol. The fraction of sp³-hybridized carbons (Fsp3) is 0.636. The average Bonchev–Trinajstić information content (AvgIpc) is 2.34. The second-order valence-electron chi connectivity index (χ2n) is 3.46. The Bertz CT molecular complexity index is 331. The van der Waals surface area contributed by atoms with Crippen molar-refractivity contribution in [2.45, 2.75) is 32.3 Å². The number of ether oxygens (including phenoxy) is 2. The van der Waals surface area contributed by atoms with Gasteiger partial charge >= 0.3 is 0 Å². The van der Waals surface area contributed by atoms with Crippen molar-refractivity contribution >= 4 is 0 Å². The lowest BCUT2D eigenvalue weighted by atomic mass is 10.1. The Labute approximate surface area is 95.4 Å². The third-order valence-corrected chi connectivity index (χ3v) is 2.29. The number of nitrogens with zero attached hydrogens (tertiary/aromatic N) is 2. The zero-order chi connectivity index (χ0) is 12.0. The molecule has 1 atom stereocenters. The predicted octanol–water partition coefficient (Wildman–Crippen LogP) is 1.72. The van der Waals surface area contributed by atoms with E-state index in [2.05, 4.69) is 16.9 Å². The zero-order valence-corrected chi connectivity index (χ0v) is 9.93. The number of rotatable bonds is 6. The van der Waals surface area contributed by atoms with Crippen molar-refractivity contribution in [3.8, 4) is 11.8 Å². The lowest BCUT2D eigenvalue weighted by Gasteiger charge is -2.12. The van der Waals surface area contributed by atoms with E-state index >= 15 is 0 Å². The van der Waals surface area contributed by atoms with E-state index in [9.17, 15) is 5.11 Å². The molecule has 0 bridgehead atoms. The van der Waals surface area contributed by atoms with E-state index in [1.165, 1.54) is 20.4 Å². The summed E-state index contributed by atoms with van der Waals surface area (Å²) in [6.07, 6.45) is 3.48. The number of aliphatic hydroxyl groups excluding tert-OH is 1. The minimum Gasteiger partial charge on any atom is -0.480 e. The van der Waals surface area contributed by atoms with Gasteiger partial charge in [0.25, 0.3) is 0 Å². The Hall–Kier alpha value is -1.36. The van der Waals surface area contributed by atoms with Crippen molar-refractivity contribution in [2.24, 2.45) is 0 Å². The molecule has 90 valence electrons. The van der Waals surface area contributed by atoms with Gasteiger partial charge in [-0.05, 0) is 6.42 Å². The van der Waals surface area contributed by atoms with E-state index in [-0.39, 0.29) is 0 Å². The highest BCUT2D eigenvalue weighted by Gasteiger charge is 2.16. The fourth-order valence-electron chi connectivity index (χ4n) is 1.38. The molecule has 0 amide bonds. The highest BCUT2D eigenvalue weighted by molar-refractivity contribution is 5.24. The summed E-state index contributed by atoms with van der Waals surface area (Å²) >= 11 is 0. The summed E-state index contributed by atoms with van der Waals surface area (Å²) in [6.45, 7) is 2.07. The van der Waals surface area contributed by atoms with Crippen molar-refractivity contribution in [3.63, 3.8) is 0 Å². The molecule has 0 aliphatic carbocycles. The summed E-state index contributed by atoms with van der Waals surface area (Å²) in [4.78, 5) is 8.18. The van der Waals surface area contributed by atoms with E-state index in [1.807, 2.05) is 0 Å². The summed E-state index contributed by atoms with van der Waals surface area (Å²) in [5.74, 6) is 0.700. The molecule has 0 aromatic carbocycles. The standard InChI is InChI=1S/C11H18N2O3/c1-4-5-6-8(14)10-11(16-3)13-9(15-2)7-12-10/h7-8,14H,4-6H2,1-3H3. The first-order valence-electron chi connectivity index (χ1n) is 5.35. The normalized spacial score (nSPS) is 12.2. The van der Waals surface area contributed by atoms with E-state index < -0.39 is 6.10 Å². The third kappa shape index (κ3) is 3.06. The Morgan fingerprint density at radius 3 is 2.69 bits per heavy atom. The molecule has 1 rings (SSSR count). The van der Waals surface area contributed by atoms with Crippen LogP contribution in [0.1, 0.15) is 38.0 Å². The van der Waals surface area contributed by atoms with Gasteiger partial charge in [0.2, 0.25) is 11.8 Å². The molecule has 1 N–H and O–H groups in total.